The van der Waals surface area contributed by atoms with Gasteiger partial charge in [0.1, 0.15) is 16.3 Å². The van der Waals surface area contributed by atoms with Crippen molar-refractivity contribution in [3.63, 3.8) is 0 Å². The number of urea groups is 1. The molecule has 0 bridgehead atoms. The molecule has 34 heavy (non-hydrogen) atoms. The van der Waals surface area contributed by atoms with E-state index in [1.165, 1.54) is 36.7 Å². The minimum atomic E-state index is -0.931. The molecule has 188 valence electrons. The van der Waals surface area contributed by atoms with Gasteiger partial charge >= 0.3 is 12.0 Å². The average molecular weight is 512 g/mol. The van der Waals surface area contributed by atoms with Crippen LogP contribution in [0.4, 0.5) is 9.18 Å². The highest BCUT2D eigenvalue weighted by Gasteiger charge is 2.35. The molecule has 2 N–H and O–H groups in total. The summed E-state index contributed by atoms with van der Waals surface area (Å²) in [6, 6.07) is 4.66. The number of nitrogens with zero attached hydrogens (tertiary/aromatic N) is 2. The number of amides is 2. The molecule has 1 heterocycles. The number of aliphatic imine (C=N–C) groups is 1. The third-order valence-corrected chi connectivity index (χ3v) is 8.97. The number of hydrogen-bond acceptors (Lipinski definition) is 6. The van der Waals surface area contributed by atoms with Crippen LogP contribution in [0.15, 0.2) is 23.2 Å². The van der Waals surface area contributed by atoms with Crippen LogP contribution in [0.25, 0.3) is 0 Å². The molecule has 1 aliphatic heterocycles. The Morgan fingerprint density at radius 3 is 2.65 bits per heavy atom. The van der Waals surface area contributed by atoms with E-state index in [-0.39, 0.29) is 22.5 Å². The minimum Gasteiger partial charge on any atom is -0.497 e. The molecule has 1 aromatic rings. The van der Waals surface area contributed by atoms with E-state index in [0.717, 1.165) is 25.7 Å². The van der Waals surface area contributed by atoms with Crippen molar-refractivity contribution in [2.75, 3.05) is 20.2 Å². The number of ether oxygens (including phenoxy) is 1. The average Bonchev–Trinajstić information content (AvgIpc) is 3.21. The molecule has 10 heteroatoms. The Labute approximate surface area is 209 Å². The van der Waals surface area contributed by atoms with Gasteiger partial charge in [0.2, 0.25) is 0 Å². The maximum Gasteiger partial charge on any atom is 0.323 e. The van der Waals surface area contributed by atoms with Crippen molar-refractivity contribution in [2.24, 2.45) is 10.9 Å². The monoisotopic (exact) mass is 511 g/mol. The van der Waals surface area contributed by atoms with Gasteiger partial charge in [-0.25, -0.2) is 9.18 Å². The smallest absolute Gasteiger partial charge is 0.323 e. The summed E-state index contributed by atoms with van der Waals surface area (Å²) in [5, 5.41) is 12.8. The van der Waals surface area contributed by atoms with Crippen molar-refractivity contribution in [2.45, 2.75) is 68.2 Å². The molecule has 1 aromatic carbocycles. The summed E-state index contributed by atoms with van der Waals surface area (Å²) >= 11 is 2.72. The molecule has 0 saturated heterocycles. The summed E-state index contributed by atoms with van der Waals surface area (Å²) in [4.78, 5) is 31.0. The molecule has 1 saturated carbocycles. The molecule has 0 spiro atoms. The number of nitrogens with one attached hydrogen (secondary N) is 1. The number of aliphatic carboxylic acids is 1. The van der Waals surface area contributed by atoms with E-state index in [1.54, 1.807) is 26.0 Å². The van der Waals surface area contributed by atoms with Gasteiger partial charge in [-0.1, -0.05) is 24.8 Å². The van der Waals surface area contributed by atoms with E-state index in [0.29, 0.717) is 41.9 Å². The first-order chi connectivity index (χ1) is 16.1. The van der Waals surface area contributed by atoms with Crippen molar-refractivity contribution in [1.29, 1.82) is 0 Å². The van der Waals surface area contributed by atoms with Crippen LogP contribution in [0.1, 0.15) is 52.0 Å². The molecule has 1 aliphatic carbocycles. The molecule has 0 radical (unpaired) electrons. The predicted octanol–water partition coefficient (Wildman–Crippen LogP) is 4.99. The van der Waals surface area contributed by atoms with Crippen LogP contribution in [0.2, 0.25) is 0 Å². The van der Waals surface area contributed by atoms with Crippen molar-refractivity contribution in [1.82, 2.24) is 10.2 Å². The van der Waals surface area contributed by atoms with Crippen molar-refractivity contribution >= 4 is 40.7 Å². The number of carbonyl (C=O) groups excluding carboxylic acids is 1. The molecule has 7 nitrogen and oxygen atoms in total. The second-order valence-corrected chi connectivity index (χ2v) is 12.7. The van der Waals surface area contributed by atoms with Crippen LogP contribution < -0.4 is 10.1 Å². The van der Waals surface area contributed by atoms with Gasteiger partial charge in [-0.2, -0.15) is 0 Å². The predicted molar refractivity (Wildman–Crippen MR) is 136 cm³/mol. The number of benzene rings is 1. The fraction of sp³-hybridized carbons (Fsp3) is 0.625. The zero-order valence-electron chi connectivity index (χ0n) is 20.2. The number of carboxylic acids is 1. The number of methoxy groups -OCH3 is 1. The Morgan fingerprint density at radius 1 is 1.32 bits per heavy atom. The van der Waals surface area contributed by atoms with Crippen LogP contribution in [0, 0.1) is 11.7 Å². The zero-order valence-corrected chi connectivity index (χ0v) is 21.8. The standard InChI is InChI=1S/C24H34FN3O4S2/c1-15-5-8-17(9-6-15)28(12-11-16-7-10-18(32-4)13-19(16)25)23(31)27-22-26-14-20(33-22)34-24(2,3)21(29)30/h7,10,13,15,17,20H,5-6,8-9,11-12,14H2,1-4H3,(H,29,30)(H,26,27,31)/t15-,17-,20?. The maximum absolute atomic E-state index is 14.5. The van der Waals surface area contributed by atoms with Crippen LogP contribution >= 0.6 is 23.5 Å². The number of carboxylic acid groups (broad SMARTS) is 1. The second kappa shape index (κ2) is 11.7. The van der Waals surface area contributed by atoms with Crippen LogP contribution in [0.5, 0.6) is 5.75 Å². The summed E-state index contributed by atoms with van der Waals surface area (Å²) in [7, 11) is 1.50. The van der Waals surface area contributed by atoms with Crippen molar-refractivity contribution < 1.29 is 23.8 Å². The number of halogens is 1. The summed E-state index contributed by atoms with van der Waals surface area (Å²) in [5.74, 6) is -0.107. The quantitative estimate of drug-likeness (QED) is 0.511. The van der Waals surface area contributed by atoms with Gasteiger partial charge in [-0.3, -0.25) is 15.1 Å². The molecule has 1 atom stereocenters. The van der Waals surface area contributed by atoms with Gasteiger partial charge in [0, 0.05) is 18.7 Å². The van der Waals surface area contributed by atoms with E-state index in [2.05, 4.69) is 17.2 Å². The Morgan fingerprint density at radius 2 is 2.03 bits per heavy atom. The Kier molecular flexibility index (Phi) is 9.14. The van der Waals surface area contributed by atoms with Gasteiger partial charge in [0.25, 0.3) is 0 Å². The minimum absolute atomic E-state index is 0.0706. The first kappa shape index (κ1) is 26.7. The van der Waals surface area contributed by atoms with E-state index in [1.807, 2.05) is 4.90 Å². The van der Waals surface area contributed by atoms with Gasteiger partial charge in [0.05, 0.1) is 18.2 Å². The fourth-order valence-corrected chi connectivity index (χ4v) is 6.92. The van der Waals surface area contributed by atoms with E-state index in [4.69, 9.17) is 4.74 Å². The molecule has 0 aromatic heterocycles. The first-order valence-corrected chi connectivity index (χ1v) is 13.4. The van der Waals surface area contributed by atoms with Gasteiger partial charge in [-0.05, 0) is 63.5 Å². The molecule has 2 amide bonds. The van der Waals surface area contributed by atoms with E-state index >= 15 is 0 Å². The lowest BCUT2D eigenvalue weighted by Crippen LogP contribution is -2.49. The highest BCUT2D eigenvalue weighted by Crippen LogP contribution is 2.38. The van der Waals surface area contributed by atoms with Gasteiger partial charge < -0.3 is 14.7 Å². The Hall–Kier alpha value is -1.94. The van der Waals surface area contributed by atoms with Crippen molar-refractivity contribution in [3.8, 4) is 5.75 Å². The number of carbonyl (C=O) groups is 2. The molecular weight excluding hydrogens is 477 g/mol. The fourth-order valence-electron chi connectivity index (χ4n) is 4.13. The molecule has 3 rings (SSSR count). The number of thioether (sulfide) groups is 2. The lowest BCUT2D eigenvalue weighted by molar-refractivity contribution is -0.138. The van der Waals surface area contributed by atoms with Crippen molar-refractivity contribution in [3.05, 3.63) is 29.6 Å². The lowest BCUT2D eigenvalue weighted by Gasteiger charge is -2.36. The number of amidine groups is 1. The molecule has 2 aliphatic rings. The van der Waals surface area contributed by atoms with E-state index < -0.39 is 10.7 Å². The van der Waals surface area contributed by atoms with Crippen LogP contribution in [-0.4, -0.2) is 62.7 Å². The zero-order chi connectivity index (χ0) is 24.9. The largest absolute Gasteiger partial charge is 0.497 e. The molecule has 1 unspecified atom stereocenters. The normalized spacial score (nSPS) is 22.7. The maximum atomic E-state index is 14.5. The summed E-state index contributed by atoms with van der Waals surface area (Å²) in [5.41, 5.74) is 0.544. The first-order valence-electron chi connectivity index (χ1n) is 11.6. The second-order valence-electron chi connectivity index (χ2n) is 9.37. The highest BCUT2D eigenvalue weighted by molar-refractivity contribution is 8.25. The third kappa shape index (κ3) is 7.04. The van der Waals surface area contributed by atoms with Crippen LogP contribution in [0.3, 0.4) is 0 Å². The summed E-state index contributed by atoms with van der Waals surface area (Å²) in [6.45, 7) is 6.41. The number of rotatable bonds is 8. The molecule has 1 fully saturated rings. The Bertz CT molecular complexity index is 919. The SMILES string of the molecule is COc1ccc(CCN(C(=O)NC2=NCC(SC(C)(C)C(=O)O)S2)[C@H]2CC[C@H](C)CC2)c(F)c1. The van der Waals surface area contributed by atoms with E-state index in [9.17, 15) is 19.1 Å². The molecular formula is C24H34FN3O4S2. The number of hydrogen-bond donors (Lipinski definition) is 2. The third-order valence-electron chi connectivity index (χ3n) is 6.35. The lowest BCUT2D eigenvalue weighted by atomic mass is 9.86. The van der Waals surface area contributed by atoms with Gasteiger partial charge in [-0.15, -0.1) is 11.8 Å². The Balaban J connectivity index is 1.64. The summed E-state index contributed by atoms with van der Waals surface area (Å²) < 4.78 is 18.6. The topological polar surface area (TPSA) is 91.2 Å². The highest BCUT2D eigenvalue weighted by atomic mass is 32.2. The van der Waals surface area contributed by atoms with Gasteiger partial charge in [0.15, 0.2) is 5.17 Å². The van der Waals surface area contributed by atoms with Crippen LogP contribution in [-0.2, 0) is 11.2 Å². The summed E-state index contributed by atoms with van der Waals surface area (Å²) in [6.07, 6.45) is 4.36.